The summed E-state index contributed by atoms with van der Waals surface area (Å²) in [7, 11) is 0. The van der Waals surface area contributed by atoms with Crippen LogP contribution in [0.2, 0.25) is 0 Å². The van der Waals surface area contributed by atoms with Crippen LogP contribution in [0.25, 0.3) is 0 Å². The lowest BCUT2D eigenvalue weighted by Crippen LogP contribution is -2.47. The topological polar surface area (TPSA) is 52.6 Å². The van der Waals surface area contributed by atoms with Crippen molar-refractivity contribution >= 4 is 5.91 Å². The molecule has 1 aromatic rings. The first-order valence-electron chi connectivity index (χ1n) is 8.15. The Kier molecular flexibility index (Phi) is 6.62. The van der Waals surface area contributed by atoms with Crippen LogP contribution in [0.5, 0.6) is 0 Å². The third kappa shape index (κ3) is 5.21. The summed E-state index contributed by atoms with van der Waals surface area (Å²) in [5.41, 5.74) is 0.936. The van der Waals surface area contributed by atoms with Crippen molar-refractivity contribution in [2.24, 2.45) is 5.92 Å². The minimum Gasteiger partial charge on any atom is -0.396 e. The van der Waals surface area contributed by atoms with E-state index in [1.54, 1.807) is 0 Å². The number of likely N-dealkylation sites (tertiary alicyclic amines) is 1. The van der Waals surface area contributed by atoms with Gasteiger partial charge in [-0.2, -0.15) is 13.2 Å². The van der Waals surface area contributed by atoms with Gasteiger partial charge >= 0.3 is 6.18 Å². The van der Waals surface area contributed by atoms with E-state index in [0.717, 1.165) is 5.56 Å². The lowest BCUT2D eigenvalue weighted by Gasteiger charge is -2.34. The zero-order valence-electron chi connectivity index (χ0n) is 13.4. The number of hydrogen-bond acceptors (Lipinski definition) is 3. The molecule has 1 saturated heterocycles. The average Bonchev–Trinajstić information content (AvgIpc) is 2.58. The van der Waals surface area contributed by atoms with Crippen LogP contribution in [-0.4, -0.2) is 48.3 Å². The van der Waals surface area contributed by atoms with E-state index in [9.17, 15) is 23.1 Å². The molecule has 0 saturated carbocycles. The number of aliphatic hydroxyl groups excluding tert-OH is 1. The molecule has 1 heterocycles. The van der Waals surface area contributed by atoms with Crippen LogP contribution in [0.4, 0.5) is 13.2 Å². The van der Waals surface area contributed by atoms with E-state index < -0.39 is 12.1 Å². The molecule has 2 rings (SSSR count). The van der Waals surface area contributed by atoms with E-state index in [2.05, 4.69) is 5.32 Å². The molecular weight excluding hydrogens is 321 g/mol. The molecule has 134 valence electrons. The summed E-state index contributed by atoms with van der Waals surface area (Å²) in [5.74, 6) is -1.76. The second-order valence-corrected chi connectivity index (χ2v) is 6.08. The van der Waals surface area contributed by atoms with Gasteiger partial charge in [-0.3, -0.25) is 4.79 Å². The number of rotatable bonds is 6. The van der Waals surface area contributed by atoms with Crippen LogP contribution < -0.4 is 5.32 Å². The van der Waals surface area contributed by atoms with Gasteiger partial charge in [0.25, 0.3) is 0 Å². The predicted octanol–water partition coefficient (Wildman–Crippen LogP) is 2.50. The largest absolute Gasteiger partial charge is 0.396 e. The van der Waals surface area contributed by atoms with Crippen LogP contribution in [0.1, 0.15) is 30.9 Å². The van der Waals surface area contributed by atoms with Gasteiger partial charge in [0.1, 0.15) is 0 Å². The van der Waals surface area contributed by atoms with Crippen molar-refractivity contribution < 1.29 is 23.1 Å². The second-order valence-electron chi connectivity index (χ2n) is 6.08. The molecule has 0 aliphatic carbocycles. The lowest BCUT2D eigenvalue weighted by atomic mass is 9.97. The molecule has 7 heteroatoms. The highest BCUT2D eigenvalue weighted by Crippen LogP contribution is 2.33. The summed E-state index contributed by atoms with van der Waals surface area (Å²) >= 11 is 0. The zero-order valence-corrected chi connectivity index (χ0v) is 13.4. The Morgan fingerprint density at radius 3 is 2.67 bits per heavy atom. The fourth-order valence-electron chi connectivity index (χ4n) is 2.99. The van der Waals surface area contributed by atoms with Gasteiger partial charge in [0, 0.05) is 25.7 Å². The Balaban J connectivity index is 1.91. The summed E-state index contributed by atoms with van der Waals surface area (Å²) in [6.07, 6.45) is -3.37. The summed E-state index contributed by atoms with van der Waals surface area (Å²) in [6, 6.07) is 9.17. The van der Waals surface area contributed by atoms with Gasteiger partial charge in [0.15, 0.2) is 0 Å². The number of halogens is 3. The number of carbonyl (C=O) groups excluding carboxylic acids is 1. The van der Waals surface area contributed by atoms with Gasteiger partial charge in [0.2, 0.25) is 5.91 Å². The normalized spacial score (nSPS) is 20.0. The van der Waals surface area contributed by atoms with Gasteiger partial charge in [0.05, 0.1) is 12.5 Å². The van der Waals surface area contributed by atoms with Crippen LogP contribution in [0.15, 0.2) is 30.3 Å². The third-order valence-electron chi connectivity index (χ3n) is 4.36. The summed E-state index contributed by atoms with van der Waals surface area (Å²) in [5, 5.41) is 12.2. The Morgan fingerprint density at radius 2 is 2.04 bits per heavy atom. The van der Waals surface area contributed by atoms with E-state index in [0.29, 0.717) is 19.4 Å². The van der Waals surface area contributed by atoms with Crippen molar-refractivity contribution in [1.29, 1.82) is 0 Å². The maximum atomic E-state index is 12.8. The average molecular weight is 344 g/mol. The zero-order chi connectivity index (χ0) is 17.6. The first-order valence-corrected chi connectivity index (χ1v) is 8.15. The number of nitrogens with zero attached hydrogens (tertiary/aromatic N) is 1. The molecule has 0 radical (unpaired) electrons. The number of amides is 1. The Morgan fingerprint density at radius 1 is 1.33 bits per heavy atom. The standard InChI is InChI=1S/C17H23F3N2O2/c18-17(19,20)14-7-4-9-22(12-14)16(24)11-21-15(8-10-23)13-5-2-1-3-6-13/h1-3,5-6,14-15,21,23H,4,7-12H2. The number of nitrogens with one attached hydrogen (secondary N) is 1. The molecule has 1 aliphatic heterocycles. The fourth-order valence-corrected chi connectivity index (χ4v) is 2.99. The highest BCUT2D eigenvalue weighted by molar-refractivity contribution is 5.78. The molecule has 1 fully saturated rings. The first-order chi connectivity index (χ1) is 11.4. The summed E-state index contributed by atoms with van der Waals surface area (Å²) in [4.78, 5) is 13.5. The maximum Gasteiger partial charge on any atom is 0.393 e. The van der Waals surface area contributed by atoms with Gasteiger partial charge in [-0.1, -0.05) is 30.3 Å². The molecule has 4 nitrogen and oxygen atoms in total. The fraction of sp³-hybridized carbons (Fsp3) is 0.588. The lowest BCUT2D eigenvalue weighted by molar-refractivity contribution is -0.187. The van der Waals surface area contributed by atoms with Crippen LogP contribution in [0, 0.1) is 5.92 Å². The van der Waals surface area contributed by atoms with E-state index in [4.69, 9.17) is 0 Å². The molecule has 0 bridgehead atoms. The predicted molar refractivity (Wildman–Crippen MR) is 84.2 cm³/mol. The second kappa shape index (κ2) is 8.48. The first kappa shape index (κ1) is 18.7. The Labute approximate surface area is 139 Å². The monoisotopic (exact) mass is 344 g/mol. The van der Waals surface area contributed by atoms with Crippen LogP contribution in [-0.2, 0) is 4.79 Å². The number of aliphatic hydroxyl groups is 1. The molecule has 24 heavy (non-hydrogen) atoms. The van der Waals surface area contributed by atoms with Crippen molar-refractivity contribution in [3.05, 3.63) is 35.9 Å². The van der Waals surface area contributed by atoms with Crippen LogP contribution >= 0.6 is 0 Å². The smallest absolute Gasteiger partial charge is 0.393 e. The number of benzene rings is 1. The van der Waals surface area contributed by atoms with Gasteiger partial charge in [-0.15, -0.1) is 0 Å². The molecule has 1 aliphatic rings. The Hall–Kier alpha value is -1.60. The highest BCUT2D eigenvalue weighted by Gasteiger charge is 2.42. The van der Waals surface area contributed by atoms with E-state index in [1.807, 2.05) is 30.3 Å². The van der Waals surface area contributed by atoms with Crippen molar-refractivity contribution in [3.63, 3.8) is 0 Å². The number of piperidine rings is 1. The van der Waals surface area contributed by atoms with Crippen molar-refractivity contribution in [3.8, 4) is 0 Å². The number of hydrogen-bond donors (Lipinski definition) is 2. The highest BCUT2D eigenvalue weighted by atomic mass is 19.4. The van der Waals surface area contributed by atoms with E-state index in [1.165, 1.54) is 4.90 Å². The Bertz CT molecular complexity index is 522. The molecule has 0 spiro atoms. The minimum atomic E-state index is -4.25. The van der Waals surface area contributed by atoms with E-state index >= 15 is 0 Å². The third-order valence-corrected chi connectivity index (χ3v) is 4.36. The molecule has 1 amide bonds. The summed E-state index contributed by atoms with van der Waals surface area (Å²) in [6.45, 7) is 0.0217. The van der Waals surface area contributed by atoms with E-state index in [-0.39, 0.29) is 38.1 Å². The maximum absolute atomic E-state index is 12.8. The molecule has 2 atom stereocenters. The number of carbonyl (C=O) groups is 1. The van der Waals surface area contributed by atoms with Gasteiger partial charge in [-0.05, 0) is 24.8 Å². The SMILES string of the molecule is O=C(CNC(CCO)c1ccccc1)N1CCCC(C(F)(F)F)C1. The summed E-state index contributed by atoms with van der Waals surface area (Å²) < 4.78 is 38.5. The van der Waals surface area contributed by atoms with Gasteiger partial charge < -0.3 is 15.3 Å². The molecule has 0 aromatic heterocycles. The van der Waals surface area contributed by atoms with Gasteiger partial charge in [-0.25, -0.2) is 0 Å². The molecule has 2 N–H and O–H groups in total. The molecule has 1 aromatic carbocycles. The minimum absolute atomic E-state index is 0.0376. The van der Waals surface area contributed by atoms with Crippen molar-refractivity contribution in [2.75, 3.05) is 26.2 Å². The molecular formula is C17H23F3N2O2. The van der Waals surface area contributed by atoms with Crippen molar-refractivity contribution in [2.45, 2.75) is 31.5 Å². The van der Waals surface area contributed by atoms with Crippen molar-refractivity contribution in [1.82, 2.24) is 10.2 Å². The van der Waals surface area contributed by atoms with Crippen LogP contribution in [0.3, 0.4) is 0 Å². The number of alkyl halides is 3. The quantitative estimate of drug-likeness (QED) is 0.834. The molecule has 2 unspecified atom stereocenters.